The Morgan fingerprint density at radius 2 is 1.37 bits per heavy atom. The summed E-state index contributed by atoms with van der Waals surface area (Å²) >= 11 is 0. The maximum atomic E-state index is 7.24. The van der Waals surface area contributed by atoms with Crippen molar-refractivity contribution in [3.8, 4) is 0 Å². The third-order valence-electron chi connectivity index (χ3n) is 9.04. The molecule has 9 aromatic rings. The Morgan fingerprint density at radius 1 is 0.653 bits per heavy atom. The minimum absolute atomic E-state index is 0. The Morgan fingerprint density at radius 3 is 2.08 bits per heavy atom. The maximum absolute atomic E-state index is 7.24. The van der Waals surface area contributed by atoms with Crippen LogP contribution in [-0.4, -0.2) is 4.98 Å². The van der Waals surface area contributed by atoms with Gasteiger partial charge in [-0.25, -0.2) is 0 Å². The number of furan rings is 1. The van der Waals surface area contributed by atoms with E-state index in [2.05, 4.69) is 115 Å². The van der Waals surface area contributed by atoms with Gasteiger partial charge in [-0.15, -0.1) is 18.2 Å². The van der Waals surface area contributed by atoms with E-state index in [1.807, 2.05) is 36.5 Å². The van der Waals surface area contributed by atoms with E-state index in [-0.39, 0.29) is 31.7 Å². The molecule has 4 heteroatoms. The molecule has 6 aromatic carbocycles. The van der Waals surface area contributed by atoms with E-state index in [1.54, 1.807) is 12.2 Å². The summed E-state index contributed by atoms with van der Waals surface area (Å²) in [5, 5.41) is 16.6. The molecule has 0 aliphatic carbocycles. The predicted molar refractivity (Wildman–Crippen MR) is 201 cm³/mol. The van der Waals surface area contributed by atoms with Gasteiger partial charge in [-0.3, -0.25) is 0 Å². The summed E-state index contributed by atoms with van der Waals surface area (Å²) in [7, 11) is 0. The molecule has 0 saturated carbocycles. The number of fused-ring (bicyclic) bond motifs is 12. The Kier molecular flexibility index (Phi) is 7.17. The molecular weight excluding hydrogens is 777 g/mol. The zero-order valence-electron chi connectivity index (χ0n) is 29.1. The van der Waals surface area contributed by atoms with E-state index in [4.69, 9.17) is 13.5 Å². The first-order valence-corrected chi connectivity index (χ1v) is 15.9. The van der Waals surface area contributed by atoms with E-state index >= 15 is 0 Å². The number of benzene rings is 6. The Bertz CT molecular complexity index is 2870. The number of nitrogens with zero attached hydrogens (tertiary/aromatic N) is 2. The quantitative estimate of drug-likeness (QED) is 0.155. The van der Waals surface area contributed by atoms with Gasteiger partial charge in [-0.05, 0) is 74.3 Å². The van der Waals surface area contributed by atoms with Crippen LogP contribution in [0.5, 0.6) is 0 Å². The second-order valence-electron chi connectivity index (χ2n) is 12.0. The second-order valence-corrected chi connectivity index (χ2v) is 12.0. The Hall–Kier alpha value is -5.54. The fourth-order valence-electron chi connectivity index (χ4n) is 6.62. The summed E-state index contributed by atoms with van der Waals surface area (Å²) in [6.45, 7) is -2.08. The average molecular weight is 809 g/mol. The third-order valence-corrected chi connectivity index (χ3v) is 9.04. The normalized spacial score (nSPS) is 15.2. The maximum Gasteiger partial charge on any atom is 3.00 e. The van der Waals surface area contributed by atoms with Crippen LogP contribution in [-0.2, 0) is 20.1 Å². The first-order valence-electron chi connectivity index (χ1n) is 17.4. The van der Waals surface area contributed by atoms with Gasteiger partial charge in [0.15, 0.2) is 0 Å². The molecule has 1 aliphatic rings. The predicted octanol–water partition coefficient (Wildman–Crippen LogP) is 12.5. The number of rotatable bonds is 1. The number of hydrogen-bond donors (Lipinski definition) is 0. The van der Waals surface area contributed by atoms with Crippen molar-refractivity contribution in [3.63, 3.8) is 0 Å². The molecule has 0 amide bonds. The largest absolute Gasteiger partial charge is 3.00 e. The molecule has 10 rings (SSSR count). The molecule has 0 saturated heterocycles. The van der Waals surface area contributed by atoms with Crippen molar-refractivity contribution in [1.29, 1.82) is 0 Å². The van der Waals surface area contributed by atoms with Crippen LogP contribution >= 0.6 is 0 Å². The molecule has 3 nitrogen and oxygen atoms in total. The minimum atomic E-state index is -2.08. The van der Waals surface area contributed by atoms with Crippen LogP contribution in [0.15, 0.2) is 162 Å². The summed E-state index contributed by atoms with van der Waals surface area (Å²) in [4.78, 5) is 4.71. The van der Waals surface area contributed by atoms with Gasteiger partial charge >= 0.3 is 20.1 Å². The molecular formula is C45H29IrN2O. The second kappa shape index (κ2) is 12.8. The van der Waals surface area contributed by atoms with Gasteiger partial charge < -0.3 is 14.7 Å². The van der Waals surface area contributed by atoms with E-state index < -0.39 is 6.85 Å². The topological polar surface area (TPSA) is 40.1 Å². The fourth-order valence-corrected chi connectivity index (χ4v) is 6.62. The minimum Gasteiger partial charge on any atom is -0.683 e. The van der Waals surface area contributed by atoms with Crippen LogP contribution in [0.25, 0.3) is 81.2 Å². The molecule has 0 N–H and O–H groups in total. The SMILES string of the molecule is [2H]C([2H])([2H])C1=C[N-]C(c2[c-]cccc2)C=C1.[Ir+3].[c-]1ccc2c3ccc4ccc5cc4c3oc2c1c1cc(ccn1)c1cccc(c1)c1cccc5c1. The Balaban J connectivity index is 0.000000193. The van der Waals surface area contributed by atoms with Crippen molar-refractivity contribution in [2.45, 2.75) is 12.9 Å². The number of hydrogen-bond acceptors (Lipinski definition) is 2. The van der Waals surface area contributed by atoms with Gasteiger partial charge in [0.05, 0.1) is 5.58 Å². The van der Waals surface area contributed by atoms with Gasteiger partial charge in [0.2, 0.25) is 0 Å². The molecule has 234 valence electrons. The zero-order valence-corrected chi connectivity index (χ0v) is 28.5. The van der Waals surface area contributed by atoms with Gasteiger partial charge in [0.1, 0.15) is 5.58 Å². The van der Waals surface area contributed by atoms with Crippen LogP contribution in [0, 0.1) is 12.1 Å². The van der Waals surface area contributed by atoms with Gasteiger partial charge in [-0.2, -0.15) is 42.1 Å². The van der Waals surface area contributed by atoms with Gasteiger partial charge in [-0.1, -0.05) is 101 Å². The summed E-state index contributed by atoms with van der Waals surface area (Å²) < 4.78 is 28.4. The van der Waals surface area contributed by atoms with Crippen LogP contribution < -0.4 is 0 Å². The fraction of sp³-hybridized carbons (Fsp3) is 0.0444. The first kappa shape index (κ1) is 27.4. The molecule has 1 aliphatic heterocycles. The van der Waals surface area contributed by atoms with E-state index in [0.29, 0.717) is 0 Å². The molecule has 1 atom stereocenters. The summed E-state index contributed by atoms with van der Waals surface area (Å²) in [5.74, 6) is 0. The Labute approximate surface area is 301 Å². The first-order chi connectivity index (χ1) is 24.9. The van der Waals surface area contributed by atoms with E-state index in [1.165, 1.54) is 27.7 Å². The van der Waals surface area contributed by atoms with Crippen molar-refractivity contribution in [3.05, 3.63) is 181 Å². The van der Waals surface area contributed by atoms with Crippen molar-refractivity contribution >= 4 is 75.9 Å². The molecule has 0 spiro atoms. The van der Waals surface area contributed by atoms with Crippen molar-refractivity contribution < 1.29 is 28.6 Å². The van der Waals surface area contributed by atoms with Crippen LogP contribution in [0.1, 0.15) is 22.6 Å². The van der Waals surface area contributed by atoms with Crippen LogP contribution in [0.3, 0.4) is 0 Å². The van der Waals surface area contributed by atoms with E-state index in [0.717, 1.165) is 59.9 Å². The van der Waals surface area contributed by atoms with Crippen molar-refractivity contribution in [2.75, 3.05) is 0 Å². The molecule has 49 heavy (non-hydrogen) atoms. The molecule has 3 aromatic heterocycles. The number of aromatic nitrogens is 1. The number of allylic oxidation sites excluding steroid dienone is 2. The molecule has 0 fully saturated rings. The van der Waals surface area contributed by atoms with Crippen LogP contribution in [0.4, 0.5) is 0 Å². The van der Waals surface area contributed by atoms with Crippen molar-refractivity contribution in [2.24, 2.45) is 0 Å². The van der Waals surface area contributed by atoms with Crippen molar-refractivity contribution in [1.82, 2.24) is 4.98 Å². The summed E-state index contributed by atoms with van der Waals surface area (Å²) in [6, 6.07) is 50.6. The summed E-state index contributed by atoms with van der Waals surface area (Å²) in [5.41, 5.74) is 3.81. The van der Waals surface area contributed by atoms with Gasteiger partial charge in [0, 0.05) is 21.1 Å². The zero-order chi connectivity index (χ0) is 34.5. The van der Waals surface area contributed by atoms with Gasteiger partial charge in [0.25, 0.3) is 0 Å². The monoisotopic (exact) mass is 809 g/mol. The molecule has 4 heterocycles. The third kappa shape index (κ3) is 5.70. The smallest absolute Gasteiger partial charge is 0.683 e. The molecule has 10 bridgehead atoms. The van der Waals surface area contributed by atoms with Crippen LogP contribution in [0.2, 0.25) is 0 Å². The summed E-state index contributed by atoms with van der Waals surface area (Å²) in [6.07, 6.45) is 6.70. The average Bonchev–Trinajstić information content (AvgIpc) is 3.58. The standard InChI is InChI=1S/C33H18NO.C12H11N.Ir/c1-4-21-16-23(6-1)25-11-10-20-12-13-28-27-8-3-9-29(32(27)35-33(28)30(20)18-25)31-19-26(14-15-34-31)24-7-2-5-22(21)17-24;1-10-7-8-12(13-9-10)11-5-3-2-4-6-11;/h1-8,10-19H;2-5,7-9,12H,1H3;/q-1;-2;+3/i;1D3;. The van der Waals surface area contributed by atoms with E-state index in [9.17, 15) is 0 Å². The number of pyridine rings is 1. The molecule has 1 unspecified atom stereocenters. The molecule has 0 radical (unpaired) electrons.